The molecule has 0 radical (unpaired) electrons. The molecule has 0 bridgehead atoms. The van der Waals surface area contributed by atoms with E-state index < -0.39 is 10.8 Å². The van der Waals surface area contributed by atoms with E-state index in [9.17, 15) is 4.79 Å². The van der Waals surface area contributed by atoms with Crippen LogP contribution in [-0.2, 0) is 4.79 Å². The molecule has 0 fully saturated rings. The minimum atomic E-state index is -0.824. The molecule has 0 aromatic carbocycles. The Morgan fingerprint density at radius 1 is 1.33 bits per heavy atom. The smallest absolute Gasteiger partial charge is 0.316 e. The summed E-state index contributed by atoms with van der Waals surface area (Å²) in [6.45, 7) is 1.56. The van der Waals surface area contributed by atoms with Crippen molar-refractivity contribution in [3.05, 3.63) is 24.3 Å². The number of alkyl halides is 1. The molecule has 3 heteroatoms. The van der Waals surface area contributed by atoms with Crippen molar-refractivity contribution in [1.29, 1.82) is 0 Å². The Morgan fingerprint density at radius 3 is 1.58 bits per heavy atom. The Labute approximate surface area is 79.3 Å². The Balaban J connectivity index is 0.000000120. The molecule has 0 aliphatic heterocycles. The van der Waals surface area contributed by atoms with Crippen LogP contribution in [0.1, 0.15) is 6.92 Å². The summed E-state index contributed by atoms with van der Waals surface area (Å²) in [7, 11) is 0. The van der Waals surface area contributed by atoms with Gasteiger partial charge in [0.15, 0.2) is 0 Å². The third kappa shape index (κ3) is 2.08. The van der Waals surface area contributed by atoms with Crippen LogP contribution in [0.2, 0.25) is 0 Å². The van der Waals surface area contributed by atoms with Gasteiger partial charge in [-0.2, -0.15) is 0 Å². The van der Waals surface area contributed by atoms with Gasteiger partial charge in [0, 0.05) is 0 Å². The van der Waals surface area contributed by atoms with Crippen molar-refractivity contribution in [2.75, 3.05) is 0 Å². The van der Waals surface area contributed by atoms with Crippen molar-refractivity contribution >= 4 is 21.9 Å². The first kappa shape index (κ1) is 9.26. The van der Waals surface area contributed by atoms with E-state index in [0.29, 0.717) is 0 Å². The highest BCUT2D eigenvalue weighted by molar-refractivity contribution is 9.10. The molecule has 1 atom stereocenters. The number of halogens is 1. The van der Waals surface area contributed by atoms with Crippen LogP contribution in [0.3, 0.4) is 0 Å². The van der Waals surface area contributed by atoms with Crippen molar-refractivity contribution in [3.63, 3.8) is 0 Å². The molecular formula is C9H9BrO2. The maximum Gasteiger partial charge on any atom is 0.316 e. The number of carbonyl (C=O) groups is 1. The molecule has 0 amide bonds. The van der Waals surface area contributed by atoms with Gasteiger partial charge in [-0.15, -0.1) is 0 Å². The van der Waals surface area contributed by atoms with Gasteiger partial charge in [0.2, 0.25) is 0 Å². The molecule has 12 heavy (non-hydrogen) atoms. The molecule has 0 aromatic heterocycles. The number of rotatable bonds is 1. The predicted molar refractivity (Wildman–Crippen MR) is 51.5 cm³/mol. The first-order valence-electron chi connectivity index (χ1n) is 3.58. The zero-order chi connectivity index (χ0) is 9.14. The fourth-order valence-corrected chi connectivity index (χ4v) is 0.663. The molecule has 0 aromatic rings. The summed E-state index contributed by atoms with van der Waals surface area (Å²) in [5.41, 5.74) is 2.85. The first-order chi connectivity index (χ1) is 5.61. The maximum absolute atomic E-state index is 9.65. The van der Waals surface area contributed by atoms with Gasteiger partial charge in [0.1, 0.15) is 4.83 Å². The Morgan fingerprint density at radius 2 is 1.58 bits per heavy atom. The first-order valence-corrected chi connectivity index (χ1v) is 4.50. The maximum atomic E-state index is 9.65. The average Bonchev–Trinajstić information content (AvgIpc) is 1.97. The number of aliphatic carboxylic acids is 1. The number of fused-ring (bicyclic) bond motifs is 1. The van der Waals surface area contributed by atoms with Gasteiger partial charge in [-0.25, -0.2) is 0 Å². The van der Waals surface area contributed by atoms with E-state index >= 15 is 0 Å². The Hall–Kier alpha value is -0.830. The predicted octanol–water partition coefficient (Wildman–Crippen LogP) is 2.52. The van der Waals surface area contributed by atoms with E-state index in [1.165, 1.54) is 11.1 Å². The summed E-state index contributed by atoms with van der Waals surface area (Å²) in [6.07, 6.45) is 0. The summed E-state index contributed by atoms with van der Waals surface area (Å²) in [5.74, 6) is -0.824. The lowest BCUT2D eigenvalue weighted by atomic mass is 9.95. The summed E-state index contributed by atoms with van der Waals surface area (Å²) in [4.78, 5) is 9.23. The fourth-order valence-electron chi connectivity index (χ4n) is 0.663. The number of carboxylic acids is 1. The quantitative estimate of drug-likeness (QED) is 0.763. The fraction of sp³-hybridized carbons (Fsp3) is 0.222. The van der Waals surface area contributed by atoms with E-state index in [4.69, 9.17) is 5.11 Å². The molecule has 64 valence electrons. The van der Waals surface area contributed by atoms with Gasteiger partial charge in [-0.05, 0) is 18.1 Å². The van der Waals surface area contributed by atoms with E-state index in [1.807, 2.05) is 0 Å². The van der Waals surface area contributed by atoms with Crippen molar-refractivity contribution in [2.45, 2.75) is 11.8 Å². The topological polar surface area (TPSA) is 37.3 Å². The molecule has 1 N–H and O–H groups in total. The lowest BCUT2D eigenvalue weighted by Crippen LogP contribution is -2.06. The van der Waals surface area contributed by atoms with Crippen molar-refractivity contribution in [3.8, 4) is 11.1 Å². The Bertz CT molecular complexity index is 256. The monoisotopic (exact) mass is 228 g/mol. The third-order valence-corrected chi connectivity index (χ3v) is 1.95. The molecule has 2 aliphatic rings. The van der Waals surface area contributed by atoms with E-state index in [1.54, 1.807) is 6.92 Å². The van der Waals surface area contributed by atoms with Crippen LogP contribution < -0.4 is 0 Å². The van der Waals surface area contributed by atoms with E-state index in [0.717, 1.165) is 0 Å². The normalized spacial score (nSPS) is 12.5. The largest absolute Gasteiger partial charge is 0.480 e. The van der Waals surface area contributed by atoms with Crippen LogP contribution in [0, 0.1) is 0 Å². The number of hydrogen-bond donors (Lipinski definition) is 1. The van der Waals surface area contributed by atoms with Gasteiger partial charge >= 0.3 is 5.97 Å². The molecule has 0 saturated heterocycles. The molecule has 0 heterocycles. The molecule has 1 unspecified atom stereocenters. The standard InChI is InChI=1S/C6H4.C3H5BrO2/c1-2-6-4-3-5(1)6;1-2(4)3(5)6/h1-4H;2H,1H3,(H,5,6). The molecule has 2 nitrogen and oxygen atoms in total. The van der Waals surface area contributed by atoms with Crippen molar-refractivity contribution in [2.24, 2.45) is 0 Å². The second-order valence-corrected chi connectivity index (χ2v) is 3.91. The Kier molecular flexibility index (Phi) is 2.87. The molecular weight excluding hydrogens is 220 g/mol. The van der Waals surface area contributed by atoms with Gasteiger partial charge < -0.3 is 5.11 Å². The summed E-state index contributed by atoms with van der Waals surface area (Å²) >= 11 is 2.84. The van der Waals surface area contributed by atoms with Crippen LogP contribution >= 0.6 is 15.9 Å². The highest BCUT2D eigenvalue weighted by Gasteiger charge is 2.04. The van der Waals surface area contributed by atoms with Crippen LogP contribution in [-0.4, -0.2) is 15.9 Å². The number of hydrogen-bond acceptors (Lipinski definition) is 1. The zero-order valence-electron chi connectivity index (χ0n) is 6.62. The van der Waals surface area contributed by atoms with Crippen molar-refractivity contribution < 1.29 is 9.90 Å². The molecule has 0 saturated carbocycles. The highest BCUT2D eigenvalue weighted by Crippen LogP contribution is 2.29. The summed E-state index contributed by atoms with van der Waals surface area (Å²) in [5, 5.41) is 7.94. The lowest BCUT2D eigenvalue weighted by Gasteiger charge is -2.10. The molecule has 2 aliphatic carbocycles. The minimum Gasteiger partial charge on any atom is -0.480 e. The van der Waals surface area contributed by atoms with Gasteiger partial charge in [0.25, 0.3) is 0 Å². The molecule has 2 rings (SSSR count). The lowest BCUT2D eigenvalue weighted by molar-refractivity contribution is -0.135. The van der Waals surface area contributed by atoms with Crippen LogP contribution in [0.4, 0.5) is 0 Å². The second-order valence-electron chi connectivity index (χ2n) is 2.53. The van der Waals surface area contributed by atoms with Gasteiger partial charge in [-0.3, -0.25) is 4.79 Å². The number of carboxylic acid groups (broad SMARTS) is 1. The third-order valence-electron chi connectivity index (χ3n) is 1.56. The summed E-state index contributed by atoms with van der Waals surface area (Å²) < 4.78 is 0. The van der Waals surface area contributed by atoms with Gasteiger partial charge in [-0.1, -0.05) is 40.2 Å². The van der Waals surface area contributed by atoms with Gasteiger partial charge in [0.05, 0.1) is 0 Å². The van der Waals surface area contributed by atoms with E-state index in [2.05, 4.69) is 40.2 Å². The van der Waals surface area contributed by atoms with E-state index in [-0.39, 0.29) is 0 Å². The summed E-state index contributed by atoms with van der Waals surface area (Å²) in [6, 6.07) is 8.48. The SMILES string of the molecule is CC(Br)C(=O)O.c1cc2ccc1-2. The van der Waals surface area contributed by atoms with Crippen LogP contribution in [0.5, 0.6) is 0 Å². The average molecular weight is 229 g/mol. The van der Waals surface area contributed by atoms with Crippen LogP contribution in [0.25, 0.3) is 11.1 Å². The minimum absolute atomic E-state index is 0.419. The van der Waals surface area contributed by atoms with Crippen LogP contribution in [0.15, 0.2) is 24.3 Å². The highest BCUT2D eigenvalue weighted by atomic mass is 79.9. The number of benzene rings is 1. The second kappa shape index (κ2) is 3.72. The molecule has 0 spiro atoms. The van der Waals surface area contributed by atoms with Crippen molar-refractivity contribution in [1.82, 2.24) is 0 Å². The zero-order valence-corrected chi connectivity index (χ0v) is 8.21.